The first-order chi connectivity index (χ1) is 20.0. The molecule has 41 heavy (non-hydrogen) atoms. The van der Waals surface area contributed by atoms with E-state index in [0.717, 1.165) is 40.3 Å². The zero-order chi connectivity index (χ0) is 28.4. The van der Waals surface area contributed by atoms with Crippen molar-refractivity contribution in [1.29, 1.82) is 0 Å². The van der Waals surface area contributed by atoms with Crippen molar-refractivity contribution in [2.24, 2.45) is 16.5 Å². The Morgan fingerprint density at radius 1 is 0.805 bits per heavy atom. The molecule has 0 spiro atoms. The van der Waals surface area contributed by atoms with Crippen molar-refractivity contribution in [2.75, 3.05) is 18.1 Å². The predicted molar refractivity (Wildman–Crippen MR) is 160 cm³/mol. The fraction of sp³-hybridized carbons (Fsp3) is 0.212. The number of ether oxygens (including phenoxy) is 3. The molecule has 210 valence electrons. The summed E-state index contributed by atoms with van der Waals surface area (Å²) in [4.78, 5) is 19.4. The van der Waals surface area contributed by atoms with Crippen LogP contribution in [0.15, 0.2) is 108 Å². The zero-order valence-electron chi connectivity index (χ0n) is 22.8. The van der Waals surface area contributed by atoms with Gasteiger partial charge < -0.3 is 30.6 Å². The number of benzene rings is 4. The van der Waals surface area contributed by atoms with Gasteiger partial charge in [0.1, 0.15) is 23.9 Å². The molecule has 1 heterocycles. The molecule has 0 bridgehead atoms. The number of fused-ring (bicyclic) bond motifs is 1. The van der Waals surface area contributed by atoms with Gasteiger partial charge >= 0.3 is 0 Å². The topological polar surface area (TPSA) is 112 Å². The van der Waals surface area contributed by atoms with Crippen LogP contribution in [0.4, 0.5) is 5.69 Å². The van der Waals surface area contributed by atoms with Crippen LogP contribution in [0.2, 0.25) is 0 Å². The van der Waals surface area contributed by atoms with E-state index in [0.29, 0.717) is 38.5 Å². The average Bonchev–Trinajstić information content (AvgIpc) is 2.99. The highest BCUT2D eigenvalue weighted by Gasteiger charge is 2.34. The number of carbonyl (C=O) groups is 1. The Kier molecular flexibility index (Phi) is 9.01. The van der Waals surface area contributed by atoms with Gasteiger partial charge in [-0.05, 0) is 59.5 Å². The lowest BCUT2D eigenvalue weighted by molar-refractivity contribution is -0.127. The van der Waals surface area contributed by atoms with E-state index < -0.39 is 6.10 Å². The van der Waals surface area contributed by atoms with Crippen molar-refractivity contribution in [3.05, 3.63) is 120 Å². The molecule has 5 rings (SSSR count). The average molecular weight is 551 g/mol. The maximum Gasteiger partial charge on any atom is 0.268 e. The molecule has 0 radical (unpaired) electrons. The van der Waals surface area contributed by atoms with Crippen LogP contribution in [0.3, 0.4) is 0 Å². The first-order valence-electron chi connectivity index (χ1n) is 13.6. The molecule has 0 saturated carbocycles. The minimum absolute atomic E-state index is 0.0898. The highest BCUT2D eigenvalue weighted by atomic mass is 16.5. The van der Waals surface area contributed by atoms with Crippen molar-refractivity contribution in [1.82, 2.24) is 0 Å². The van der Waals surface area contributed by atoms with Crippen LogP contribution in [-0.4, -0.2) is 31.1 Å². The van der Waals surface area contributed by atoms with Crippen LogP contribution in [0.1, 0.15) is 23.1 Å². The molecule has 1 aliphatic rings. The zero-order valence-corrected chi connectivity index (χ0v) is 22.8. The van der Waals surface area contributed by atoms with Crippen LogP contribution < -0.4 is 30.6 Å². The summed E-state index contributed by atoms with van der Waals surface area (Å²) >= 11 is 0. The number of nitrogens with two attached hydrogens (primary N) is 2. The second kappa shape index (κ2) is 13.4. The van der Waals surface area contributed by atoms with E-state index in [1.54, 1.807) is 4.90 Å². The summed E-state index contributed by atoms with van der Waals surface area (Å²) in [6.45, 7) is 1.75. The third-order valence-corrected chi connectivity index (χ3v) is 6.72. The summed E-state index contributed by atoms with van der Waals surface area (Å²) in [6, 6.07) is 33.3. The summed E-state index contributed by atoms with van der Waals surface area (Å²) < 4.78 is 18.1. The molecule has 4 N–H and O–H groups in total. The van der Waals surface area contributed by atoms with Crippen molar-refractivity contribution in [3.8, 4) is 17.2 Å². The molecule has 0 aromatic heterocycles. The van der Waals surface area contributed by atoms with Gasteiger partial charge in [0.15, 0.2) is 12.1 Å². The fourth-order valence-electron chi connectivity index (χ4n) is 4.63. The highest BCUT2D eigenvalue weighted by Crippen LogP contribution is 2.36. The molecular formula is C33H34N4O4. The minimum Gasteiger partial charge on any atom is -0.493 e. The molecule has 0 saturated heterocycles. The van der Waals surface area contributed by atoms with E-state index in [1.807, 2.05) is 103 Å². The van der Waals surface area contributed by atoms with Gasteiger partial charge in [0.25, 0.3) is 5.91 Å². The Hall–Kier alpha value is -4.98. The molecule has 8 nitrogen and oxygen atoms in total. The first kappa shape index (κ1) is 27.6. The number of hydrogen-bond acceptors (Lipinski definition) is 5. The second-order valence-corrected chi connectivity index (χ2v) is 9.76. The SMILES string of the molecule is NC(N)=NCCc1ccc(OCCC2Oc3ccccc3N(Cc3cccc(OCc4ccccc4)c3)C2=O)cc1. The second-order valence-electron chi connectivity index (χ2n) is 9.76. The summed E-state index contributed by atoms with van der Waals surface area (Å²) in [5, 5.41) is 0. The Balaban J connectivity index is 1.20. The summed E-state index contributed by atoms with van der Waals surface area (Å²) in [7, 11) is 0. The number of amides is 1. The predicted octanol–water partition coefficient (Wildman–Crippen LogP) is 4.84. The first-order valence-corrected chi connectivity index (χ1v) is 13.6. The van der Waals surface area contributed by atoms with Gasteiger partial charge in [-0.2, -0.15) is 0 Å². The normalized spacial score (nSPS) is 14.1. The number of hydrogen-bond donors (Lipinski definition) is 2. The number of aliphatic imine (C=N–C) groups is 1. The van der Waals surface area contributed by atoms with E-state index in [2.05, 4.69) is 4.99 Å². The smallest absolute Gasteiger partial charge is 0.268 e. The van der Waals surface area contributed by atoms with Crippen LogP contribution >= 0.6 is 0 Å². The molecule has 1 amide bonds. The number of carbonyl (C=O) groups excluding carboxylic acids is 1. The Morgan fingerprint density at radius 3 is 2.37 bits per heavy atom. The lowest BCUT2D eigenvalue weighted by atomic mass is 10.1. The van der Waals surface area contributed by atoms with E-state index >= 15 is 0 Å². The number of anilines is 1. The molecule has 1 aliphatic heterocycles. The van der Waals surface area contributed by atoms with Gasteiger partial charge in [-0.25, -0.2) is 0 Å². The van der Waals surface area contributed by atoms with Crippen molar-refractivity contribution < 1.29 is 19.0 Å². The molecule has 0 fully saturated rings. The van der Waals surface area contributed by atoms with Crippen LogP contribution in [0.25, 0.3) is 0 Å². The number of nitrogens with zero attached hydrogens (tertiary/aromatic N) is 2. The van der Waals surface area contributed by atoms with E-state index in [9.17, 15) is 4.79 Å². The minimum atomic E-state index is -0.652. The lowest BCUT2D eigenvalue weighted by Gasteiger charge is -2.34. The van der Waals surface area contributed by atoms with Gasteiger partial charge in [-0.15, -0.1) is 0 Å². The van der Waals surface area contributed by atoms with E-state index in [1.165, 1.54) is 0 Å². The Labute approximate surface area is 240 Å². The molecule has 4 aromatic carbocycles. The van der Waals surface area contributed by atoms with Gasteiger partial charge in [-0.1, -0.05) is 66.7 Å². The lowest BCUT2D eigenvalue weighted by Crippen LogP contribution is -2.46. The van der Waals surface area contributed by atoms with Crippen LogP contribution in [0.5, 0.6) is 17.2 Å². The third-order valence-electron chi connectivity index (χ3n) is 6.72. The van der Waals surface area contributed by atoms with E-state index in [-0.39, 0.29) is 11.9 Å². The standard InChI is InChI=1S/C33H34N4O4/c34-33(35)36-19-17-24-13-15-27(16-14-24)39-20-18-31-32(38)37(29-11-4-5-12-30(29)41-31)22-26-9-6-10-28(21-26)40-23-25-7-2-1-3-8-25/h1-16,21,31H,17-20,22-23H2,(H4,34,35,36). The molecule has 0 aliphatic carbocycles. The molecular weight excluding hydrogens is 516 g/mol. The van der Waals surface area contributed by atoms with Crippen molar-refractivity contribution in [2.45, 2.75) is 32.1 Å². The van der Waals surface area contributed by atoms with Gasteiger partial charge in [-0.3, -0.25) is 9.79 Å². The number of guanidine groups is 1. The third kappa shape index (κ3) is 7.57. The van der Waals surface area contributed by atoms with Crippen LogP contribution in [0, 0.1) is 0 Å². The highest BCUT2D eigenvalue weighted by molar-refractivity contribution is 5.99. The van der Waals surface area contributed by atoms with Gasteiger partial charge in [0, 0.05) is 13.0 Å². The quantitative estimate of drug-likeness (QED) is 0.193. The summed E-state index contributed by atoms with van der Waals surface area (Å²) in [5.41, 5.74) is 14.7. The monoisotopic (exact) mass is 550 g/mol. The molecule has 8 heteroatoms. The van der Waals surface area contributed by atoms with Gasteiger partial charge in [0.2, 0.25) is 0 Å². The van der Waals surface area contributed by atoms with Crippen molar-refractivity contribution in [3.63, 3.8) is 0 Å². The van der Waals surface area contributed by atoms with Crippen LogP contribution in [-0.2, 0) is 24.4 Å². The molecule has 4 aromatic rings. The summed E-state index contributed by atoms with van der Waals surface area (Å²) in [5.74, 6) is 2.15. The molecule has 1 unspecified atom stereocenters. The largest absolute Gasteiger partial charge is 0.493 e. The summed E-state index contributed by atoms with van der Waals surface area (Å²) in [6.07, 6.45) is 0.497. The van der Waals surface area contributed by atoms with Gasteiger partial charge in [0.05, 0.1) is 18.8 Å². The number of para-hydroxylation sites is 2. The Bertz CT molecular complexity index is 1470. The maximum atomic E-state index is 13.6. The molecule has 1 atom stereocenters. The fourth-order valence-corrected chi connectivity index (χ4v) is 4.63. The maximum absolute atomic E-state index is 13.6. The Morgan fingerprint density at radius 2 is 1.56 bits per heavy atom. The van der Waals surface area contributed by atoms with E-state index in [4.69, 9.17) is 25.7 Å². The number of rotatable bonds is 12. The van der Waals surface area contributed by atoms with Crippen molar-refractivity contribution >= 4 is 17.6 Å².